The first kappa shape index (κ1) is 26.4. The van der Waals surface area contributed by atoms with Crippen molar-refractivity contribution in [3.8, 4) is 11.3 Å². The van der Waals surface area contributed by atoms with E-state index in [1.54, 1.807) is 0 Å². The molecule has 0 aliphatic heterocycles. The van der Waals surface area contributed by atoms with E-state index in [1.165, 1.54) is 35.3 Å². The Balaban J connectivity index is 1.32. The number of anilines is 1. The van der Waals surface area contributed by atoms with Gasteiger partial charge >= 0.3 is 0 Å². The molecule has 6 heteroatoms. The number of fused-ring (bicyclic) bond motifs is 4. The minimum Gasteiger partial charge on any atom is -0.438 e. The van der Waals surface area contributed by atoms with Gasteiger partial charge in [0.05, 0.1) is 11.4 Å². The zero-order chi connectivity index (χ0) is 28.8. The second-order valence-electron chi connectivity index (χ2n) is 11.1. The number of thiazole rings is 1. The molecule has 0 radical (unpaired) electrons. The number of nitrogens with zero attached hydrogens (tertiary/aromatic N) is 2. The molecule has 2 heterocycles. The summed E-state index contributed by atoms with van der Waals surface area (Å²) in [6, 6.07) is 26.6. The Morgan fingerprint density at radius 2 is 1.71 bits per heavy atom. The lowest BCUT2D eigenvalue weighted by Crippen LogP contribution is -2.21. The first-order valence-electron chi connectivity index (χ1n) is 14.4. The van der Waals surface area contributed by atoms with Gasteiger partial charge in [-0.1, -0.05) is 54.6 Å². The number of hydrogen-bond acceptors (Lipinski definition) is 5. The number of carbonyl (C=O) groups excluding carboxylic acids is 1. The van der Waals surface area contributed by atoms with Crippen LogP contribution in [0, 0.1) is 20.8 Å². The van der Waals surface area contributed by atoms with Crippen LogP contribution in [0.3, 0.4) is 0 Å². The molecule has 208 valence electrons. The maximum Gasteiger partial charge on any atom is 0.262 e. The zero-order valence-corrected chi connectivity index (χ0v) is 24.8. The van der Waals surface area contributed by atoms with Crippen LogP contribution in [-0.2, 0) is 12.8 Å². The molecule has 4 aromatic carbocycles. The van der Waals surface area contributed by atoms with Crippen LogP contribution in [-0.4, -0.2) is 10.9 Å². The molecular formula is C36H31N3O2S. The molecule has 2 aromatic heterocycles. The van der Waals surface area contributed by atoms with E-state index in [1.807, 2.05) is 55.5 Å². The fraction of sp³-hybridized carbons (Fsp3) is 0.194. The molecule has 42 heavy (non-hydrogen) atoms. The Hall–Kier alpha value is -4.55. The van der Waals surface area contributed by atoms with Gasteiger partial charge in [-0.25, -0.2) is 9.98 Å². The highest BCUT2D eigenvalue weighted by Gasteiger charge is 2.19. The summed E-state index contributed by atoms with van der Waals surface area (Å²) < 4.78 is 6.37. The normalized spacial score (nSPS) is 13.5. The smallest absolute Gasteiger partial charge is 0.262 e. The lowest BCUT2D eigenvalue weighted by molar-refractivity contribution is 0.102. The van der Waals surface area contributed by atoms with E-state index in [0.29, 0.717) is 16.3 Å². The van der Waals surface area contributed by atoms with Crippen LogP contribution < -0.4 is 10.9 Å². The quantitative estimate of drug-likeness (QED) is 0.215. The standard InChI is InChI=1S/C36H31N3O2S/c1-21-9-8-14-31(22(21)2)37-35-30(20-29-28-13-7-6-11-25(28)17-18-32(29)41-35)34(40)39-36-38-33(23(3)42-36)27-16-15-24-10-4-5-12-26(24)19-27/h6-9,11,13-20H,4-5,10,12H2,1-3H3,(H,38,39,40). The molecule has 1 N–H and O–H groups in total. The number of benzene rings is 4. The fourth-order valence-corrected chi connectivity index (χ4v) is 6.68. The topological polar surface area (TPSA) is 67.5 Å². The molecule has 1 amide bonds. The Labute approximate surface area is 248 Å². The molecule has 0 fully saturated rings. The van der Waals surface area contributed by atoms with Crippen molar-refractivity contribution in [1.29, 1.82) is 0 Å². The Kier molecular flexibility index (Phi) is 6.71. The van der Waals surface area contributed by atoms with Crippen LogP contribution in [0.2, 0.25) is 0 Å². The van der Waals surface area contributed by atoms with Gasteiger partial charge in [0.25, 0.3) is 5.91 Å². The first-order chi connectivity index (χ1) is 20.4. The summed E-state index contributed by atoms with van der Waals surface area (Å²) in [6.45, 7) is 6.14. The van der Waals surface area contributed by atoms with Crippen LogP contribution in [0.25, 0.3) is 33.0 Å². The zero-order valence-electron chi connectivity index (χ0n) is 24.0. The number of nitrogens with one attached hydrogen (secondary N) is 1. The maximum absolute atomic E-state index is 13.9. The van der Waals surface area contributed by atoms with E-state index < -0.39 is 0 Å². The molecule has 7 rings (SSSR count). The van der Waals surface area contributed by atoms with Gasteiger partial charge in [0.2, 0.25) is 5.55 Å². The van der Waals surface area contributed by atoms with Crippen LogP contribution in [0.4, 0.5) is 10.8 Å². The lowest BCUT2D eigenvalue weighted by Gasteiger charge is -2.16. The number of amides is 1. The number of rotatable bonds is 4. The summed E-state index contributed by atoms with van der Waals surface area (Å²) in [7, 11) is 0. The number of aryl methyl sites for hydroxylation is 4. The SMILES string of the molecule is Cc1cccc(N=c2oc3ccc4ccccc4c3cc2C(=O)Nc2nc(-c3ccc4c(c3)CCCC4)c(C)s2)c1C. The van der Waals surface area contributed by atoms with Crippen LogP contribution in [0.5, 0.6) is 0 Å². The van der Waals surface area contributed by atoms with Gasteiger partial charge in [0, 0.05) is 15.8 Å². The summed E-state index contributed by atoms with van der Waals surface area (Å²) in [5, 5.41) is 6.58. The summed E-state index contributed by atoms with van der Waals surface area (Å²) in [4.78, 5) is 24.7. The summed E-state index contributed by atoms with van der Waals surface area (Å²) in [5.41, 5.74) is 9.13. The maximum atomic E-state index is 13.9. The molecule has 0 bridgehead atoms. The Morgan fingerprint density at radius 1 is 0.881 bits per heavy atom. The minimum atomic E-state index is -0.302. The molecule has 6 aromatic rings. The van der Waals surface area contributed by atoms with Gasteiger partial charge in [0.15, 0.2) is 5.13 Å². The fourth-order valence-electron chi connectivity index (χ4n) is 5.85. The molecule has 0 saturated carbocycles. The third-order valence-electron chi connectivity index (χ3n) is 8.34. The second-order valence-corrected chi connectivity index (χ2v) is 12.3. The highest BCUT2D eigenvalue weighted by molar-refractivity contribution is 7.16. The first-order valence-corrected chi connectivity index (χ1v) is 15.2. The van der Waals surface area contributed by atoms with Crippen molar-refractivity contribution >= 4 is 49.8 Å². The van der Waals surface area contributed by atoms with E-state index in [2.05, 4.69) is 49.5 Å². The number of carbonyl (C=O) groups is 1. The van der Waals surface area contributed by atoms with Crippen molar-refractivity contribution < 1.29 is 9.21 Å². The van der Waals surface area contributed by atoms with Gasteiger partial charge in [-0.3, -0.25) is 10.1 Å². The van der Waals surface area contributed by atoms with Gasteiger partial charge in [-0.2, -0.15) is 0 Å². The van der Waals surface area contributed by atoms with Crippen LogP contribution in [0.15, 0.2) is 88.3 Å². The number of aromatic nitrogens is 1. The van der Waals surface area contributed by atoms with E-state index in [4.69, 9.17) is 14.4 Å². The van der Waals surface area contributed by atoms with Crippen LogP contribution in [0.1, 0.15) is 50.3 Å². The van der Waals surface area contributed by atoms with Crippen LogP contribution >= 0.6 is 11.3 Å². The molecule has 0 spiro atoms. The molecule has 0 saturated heterocycles. The van der Waals surface area contributed by atoms with Crippen molar-refractivity contribution in [3.05, 3.63) is 117 Å². The minimum absolute atomic E-state index is 0.271. The van der Waals surface area contributed by atoms with Crippen molar-refractivity contribution in [1.82, 2.24) is 4.98 Å². The van der Waals surface area contributed by atoms with Crippen molar-refractivity contribution in [3.63, 3.8) is 0 Å². The van der Waals surface area contributed by atoms with Gasteiger partial charge in [-0.15, -0.1) is 11.3 Å². The number of hydrogen-bond donors (Lipinski definition) is 1. The molecule has 1 aliphatic rings. The largest absolute Gasteiger partial charge is 0.438 e. The molecular weight excluding hydrogens is 538 g/mol. The van der Waals surface area contributed by atoms with E-state index in [9.17, 15) is 4.79 Å². The predicted molar refractivity (Wildman–Crippen MR) is 172 cm³/mol. The summed E-state index contributed by atoms with van der Waals surface area (Å²) in [5.74, 6) is -0.302. The summed E-state index contributed by atoms with van der Waals surface area (Å²) in [6.07, 6.45) is 4.75. The molecule has 0 unspecified atom stereocenters. The highest BCUT2D eigenvalue weighted by Crippen LogP contribution is 2.34. The predicted octanol–water partition coefficient (Wildman–Crippen LogP) is 9.00. The molecule has 1 aliphatic carbocycles. The highest BCUT2D eigenvalue weighted by atomic mass is 32.1. The Morgan fingerprint density at radius 3 is 2.60 bits per heavy atom. The van der Waals surface area contributed by atoms with Crippen molar-refractivity contribution in [2.24, 2.45) is 4.99 Å². The second kappa shape index (κ2) is 10.7. The average molecular weight is 570 g/mol. The van der Waals surface area contributed by atoms with Crippen molar-refractivity contribution in [2.45, 2.75) is 46.5 Å². The third-order valence-corrected chi connectivity index (χ3v) is 9.22. The van der Waals surface area contributed by atoms with Gasteiger partial charge < -0.3 is 4.42 Å². The monoisotopic (exact) mass is 569 g/mol. The van der Waals surface area contributed by atoms with E-state index in [-0.39, 0.29) is 11.5 Å². The average Bonchev–Trinajstić information content (AvgIpc) is 3.38. The molecule has 5 nitrogen and oxygen atoms in total. The van der Waals surface area contributed by atoms with Gasteiger partial charge in [0.1, 0.15) is 11.1 Å². The van der Waals surface area contributed by atoms with Crippen molar-refractivity contribution in [2.75, 3.05) is 5.32 Å². The Bertz CT molecular complexity index is 2090. The lowest BCUT2D eigenvalue weighted by atomic mass is 9.90. The van der Waals surface area contributed by atoms with Gasteiger partial charge in [-0.05, 0) is 104 Å². The van der Waals surface area contributed by atoms with E-state index >= 15 is 0 Å². The van der Waals surface area contributed by atoms with E-state index in [0.717, 1.165) is 61.9 Å². The molecule has 0 atom stereocenters. The summed E-state index contributed by atoms with van der Waals surface area (Å²) >= 11 is 1.49. The third kappa shape index (κ3) is 4.82.